The van der Waals surface area contributed by atoms with Crippen LogP contribution in [0, 0.1) is 28.1 Å². The summed E-state index contributed by atoms with van der Waals surface area (Å²) in [6.07, 6.45) is 4.00. The molecule has 0 aromatic rings. The highest BCUT2D eigenvalue weighted by Gasteiger charge is 2.61. The molecule has 16 heavy (non-hydrogen) atoms. The molecule has 0 heterocycles. The minimum atomic E-state index is -0.508. The lowest BCUT2D eigenvalue weighted by Gasteiger charge is -2.39. The van der Waals surface area contributed by atoms with Gasteiger partial charge >= 0.3 is 0 Å². The minimum Gasteiger partial charge on any atom is -0.375 e. The standard InChI is InChI=1S/C13H20ClNO/c1-12(2)9-4-5-13(12,3)11(6-9)16-8-10(14)7-15/h9-11H,4-6,8H2,1-3H3. The van der Waals surface area contributed by atoms with Crippen molar-refractivity contribution in [2.24, 2.45) is 16.7 Å². The van der Waals surface area contributed by atoms with Gasteiger partial charge in [0.1, 0.15) is 5.38 Å². The molecular weight excluding hydrogens is 222 g/mol. The Hall–Kier alpha value is -0.260. The fourth-order valence-corrected chi connectivity index (χ4v) is 3.69. The van der Waals surface area contributed by atoms with Gasteiger partial charge < -0.3 is 4.74 Å². The molecule has 90 valence electrons. The fourth-order valence-electron chi connectivity index (χ4n) is 3.62. The first-order valence-corrected chi connectivity index (χ1v) is 6.51. The molecule has 0 saturated heterocycles. The van der Waals surface area contributed by atoms with Crippen LogP contribution < -0.4 is 0 Å². The number of hydrogen-bond acceptors (Lipinski definition) is 2. The Morgan fingerprint density at radius 2 is 2.19 bits per heavy atom. The Labute approximate surface area is 103 Å². The summed E-state index contributed by atoms with van der Waals surface area (Å²) < 4.78 is 5.87. The molecule has 4 unspecified atom stereocenters. The monoisotopic (exact) mass is 241 g/mol. The third-order valence-electron chi connectivity index (χ3n) is 5.30. The number of fused-ring (bicyclic) bond motifs is 2. The molecule has 0 spiro atoms. The normalized spacial score (nSPS) is 41.9. The summed E-state index contributed by atoms with van der Waals surface area (Å²) in [6.45, 7) is 7.41. The second-order valence-corrected chi connectivity index (χ2v) is 6.56. The predicted molar refractivity (Wildman–Crippen MR) is 64.2 cm³/mol. The smallest absolute Gasteiger partial charge is 0.143 e. The van der Waals surface area contributed by atoms with Crippen LogP contribution in [0.15, 0.2) is 0 Å². The average molecular weight is 242 g/mol. The van der Waals surface area contributed by atoms with Crippen LogP contribution in [0.1, 0.15) is 40.0 Å². The van der Waals surface area contributed by atoms with E-state index in [1.807, 2.05) is 6.07 Å². The Balaban J connectivity index is 2.02. The first kappa shape index (κ1) is 12.2. The molecule has 2 nitrogen and oxygen atoms in total. The number of halogens is 1. The number of nitrogens with zero attached hydrogens (tertiary/aromatic N) is 1. The van der Waals surface area contributed by atoms with E-state index in [1.165, 1.54) is 12.8 Å². The van der Waals surface area contributed by atoms with E-state index in [0.29, 0.717) is 12.0 Å². The van der Waals surface area contributed by atoms with Gasteiger partial charge in [-0.1, -0.05) is 20.8 Å². The first-order chi connectivity index (χ1) is 7.41. The van der Waals surface area contributed by atoms with Crippen molar-refractivity contribution in [2.75, 3.05) is 6.61 Å². The van der Waals surface area contributed by atoms with Crippen LogP contribution in [0.5, 0.6) is 0 Å². The van der Waals surface area contributed by atoms with E-state index in [0.717, 1.165) is 12.3 Å². The summed E-state index contributed by atoms with van der Waals surface area (Å²) in [6, 6.07) is 2.01. The Bertz CT molecular complexity index is 322. The first-order valence-electron chi connectivity index (χ1n) is 6.07. The van der Waals surface area contributed by atoms with Gasteiger partial charge in [-0.05, 0) is 36.0 Å². The average Bonchev–Trinajstić information content (AvgIpc) is 2.58. The molecule has 2 saturated carbocycles. The van der Waals surface area contributed by atoms with Crippen LogP contribution in [0.2, 0.25) is 0 Å². The van der Waals surface area contributed by atoms with Gasteiger partial charge in [0.25, 0.3) is 0 Å². The van der Waals surface area contributed by atoms with Gasteiger partial charge in [0, 0.05) is 0 Å². The van der Waals surface area contributed by atoms with Gasteiger partial charge in [0.2, 0.25) is 0 Å². The third kappa shape index (κ3) is 1.57. The van der Waals surface area contributed by atoms with E-state index in [1.54, 1.807) is 0 Å². The van der Waals surface area contributed by atoms with Gasteiger partial charge in [-0.2, -0.15) is 5.26 Å². The van der Waals surface area contributed by atoms with Crippen molar-refractivity contribution < 1.29 is 4.74 Å². The van der Waals surface area contributed by atoms with E-state index >= 15 is 0 Å². The zero-order chi connectivity index (χ0) is 12.0. The second-order valence-electron chi connectivity index (χ2n) is 6.03. The molecule has 0 aromatic heterocycles. The number of ether oxygens (including phenoxy) is 1. The van der Waals surface area contributed by atoms with Crippen molar-refractivity contribution in [1.29, 1.82) is 5.26 Å². The summed E-state index contributed by atoms with van der Waals surface area (Å²) in [4.78, 5) is 0. The molecule has 2 rings (SSSR count). The summed E-state index contributed by atoms with van der Waals surface area (Å²) in [5, 5.41) is 8.14. The summed E-state index contributed by atoms with van der Waals surface area (Å²) in [5.41, 5.74) is 0.635. The van der Waals surface area contributed by atoms with Crippen molar-refractivity contribution >= 4 is 11.6 Å². The van der Waals surface area contributed by atoms with Crippen LogP contribution in [0.4, 0.5) is 0 Å². The van der Waals surface area contributed by atoms with Crippen molar-refractivity contribution in [3.63, 3.8) is 0 Å². The van der Waals surface area contributed by atoms with Gasteiger partial charge in [-0.25, -0.2) is 0 Å². The van der Waals surface area contributed by atoms with E-state index in [4.69, 9.17) is 21.6 Å². The van der Waals surface area contributed by atoms with E-state index in [9.17, 15) is 0 Å². The summed E-state index contributed by atoms with van der Waals surface area (Å²) >= 11 is 5.78. The van der Waals surface area contributed by atoms with E-state index < -0.39 is 5.38 Å². The molecular formula is C13H20ClNO. The van der Waals surface area contributed by atoms with Crippen LogP contribution in [-0.4, -0.2) is 18.1 Å². The lowest BCUT2D eigenvalue weighted by atomic mass is 9.70. The van der Waals surface area contributed by atoms with Crippen molar-refractivity contribution in [1.82, 2.24) is 0 Å². The topological polar surface area (TPSA) is 33.0 Å². The van der Waals surface area contributed by atoms with Crippen LogP contribution in [-0.2, 0) is 4.74 Å². The highest BCUT2D eigenvalue weighted by Crippen LogP contribution is 2.66. The molecule has 4 atom stereocenters. The van der Waals surface area contributed by atoms with Gasteiger partial charge in [0.05, 0.1) is 18.8 Å². The third-order valence-corrected chi connectivity index (χ3v) is 5.52. The maximum Gasteiger partial charge on any atom is 0.143 e. The molecule has 0 N–H and O–H groups in total. The summed E-state index contributed by atoms with van der Waals surface area (Å²) in [5.74, 6) is 0.776. The van der Waals surface area contributed by atoms with Crippen molar-refractivity contribution in [2.45, 2.75) is 51.5 Å². The highest BCUT2D eigenvalue weighted by molar-refractivity contribution is 6.22. The lowest BCUT2D eigenvalue weighted by Crippen LogP contribution is -2.38. The quantitative estimate of drug-likeness (QED) is 0.710. The Morgan fingerprint density at radius 1 is 1.50 bits per heavy atom. The van der Waals surface area contributed by atoms with Crippen molar-refractivity contribution in [3.05, 3.63) is 0 Å². The number of nitriles is 1. The Kier molecular flexibility index (Phi) is 2.97. The highest BCUT2D eigenvalue weighted by atomic mass is 35.5. The minimum absolute atomic E-state index is 0.268. The summed E-state index contributed by atoms with van der Waals surface area (Å²) in [7, 11) is 0. The van der Waals surface area contributed by atoms with E-state index in [2.05, 4.69) is 20.8 Å². The fraction of sp³-hybridized carbons (Fsp3) is 0.923. The molecule has 3 heteroatoms. The second kappa shape index (κ2) is 3.89. The zero-order valence-corrected chi connectivity index (χ0v) is 11.0. The van der Waals surface area contributed by atoms with E-state index in [-0.39, 0.29) is 11.5 Å². The molecule has 0 amide bonds. The number of rotatable bonds is 3. The molecule has 0 aromatic carbocycles. The van der Waals surface area contributed by atoms with Gasteiger partial charge in [-0.15, -0.1) is 11.6 Å². The lowest BCUT2D eigenvalue weighted by molar-refractivity contribution is -0.0436. The molecule has 2 aliphatic rings. The molecule has 2 bridgehead atoms. The van der Waals surface area contributed by atoms with Crippen LogP contribution in [0.3, 0.4) is 0 Å². The molecule has 0 aliphatic heterocycles. The largest absolute Gasteiger partial charge is 0.375 e. The predicted octanol–water partition coefficient (Wildman–Crippen LogP) is 3.35. The molecule has 0 radical (unpaired) electrons. The molecule has 2 fully saturated rings. The maximum absolute atomic E-state index is 8.65. The number of alkyl halides is 1. The SMILES string of the molecule is CC1(C)C2CCC1(C)C(OCC(Cl)C#N)C2. The van der Waals surface area contributed by atoms with Gasteiger partial charge in [0.15, 0.2) is 0 Å². The number of hydrogen-bond donors (Lipinski definition) is 0. The maximum atomic E-state index is 8.65. The van der Waals surface area contributed by atoms with Crippen LogP contribution >= 0.6 is 11.6 Å². The Morgan fingerprint density at radius 3 is 2.62 bits per heavy atom. The zero-order valence-electron chi connectivity index (χ0n) is 10.3. The molecule has 2 aliphatic carbocycles. The van der Waals surface area contributed by atoms with Crippen molar-refractivity contribution in [3.8, 4) is 6.07 Å². The van der Waals surface area contributed by atoms with Crippen LogP contribution in [0.25, 0.3) is 0 Å². The van der Waals surface area contributed by atoms with Gasteiger partial charge in [-0.3, -0.25) is 0 Å².